The third-order valence-electron chi connectivity index (χ3n) is 4.29. The van der Waals surface area contributed by atoms with E-state index in [0.29, 0.717) is 18.9 Å². The van der Waals surface area contributed by atoms with Gasteiger partial charge in [-0.3, -0.25) is 9.79 Å². The molecule has 2 rings (SSSR count). The van der Waals surface area contributed by atoms with Crippen molar-refractivity contribution in [2.24, 2.45) is 10.7 Å². The van der Waals surface area contributed by atoms with Crippen molar-refractivity contribution in [2.45, 2.75) is 20.3 Å². The summed E-state index contributed by atoms with van der Waals surface area (Å²) in [6.45, 7) is 9.26. The fourth-order valence-electron chi connectivity index (χ4n) is 2.80. The van der Waals surface area contributed by atoms with E-state index < -0.39 is 0 Å². The van der Waals surface area contributed by atoms with Gasteiger partial charge in [0.25, 0.3) is 0 Å². The number of nitrogens with zero attached hydrogens (tertiary/aromatic N) is 5. The Balaban J connectivity index is 1.76. The number of piperazine rings is 1. The highest BCUT2D eigenvalue weighted by atomic mass is 16.2. The lowest BCUT2D eigenvalue weighted by atomic mass is 10.2. The molecule has 0 aromatic carbocycles. The lowest BCUT2D eigenvalue weighted by Crippen LogP contribution is -2.49. The number of rotatable bonds is 6. The van der Waals surface area contributed by atoms with Crippen LogP contribution in [0.2, 0.25) is 0 Å². The second kappa shape index (κ2) is 9.10. The van der Waals surface area contributed by atoms with Gasteiger partial charge in [-0.1, -0.05) is 6.07 Å². The molecule has 0 atom stereocenters. The van der Waals surface area contributed by atoms with Crippen LogP contribution >= 0.6 is 0 Å². The predicted molar refractivity (Wildman–Crippen MR) is 97.1 cm³/mol. The van der Waals surface area contributed by atoms with Gasteiger partial charge < -0.3 is 20.4 Å². The minimum absolute atomic E-state index is 0.145. The van der Waals surface area contributed by atoms with Gasteiger partial charge in [0.2, 0.25) is 5.91 Å². The first-order valence-corrected chi connectivity index (χ1v) is 8.64. The van der Waals surface area contributed by atoms with Crippen molar-refractivity contribution >= 4 is 17.7 Å². The van der Waals surface area contributed by atoms with Gasteiger partial charge in [0.15, 0.2) is 5.96 Å². The van der Waals surface area contributed by atoms with Crippen molar-refractivity contribution < 1.29 is 4.79 Å². The quantitative estimate of drug-likeness (QED) is 0.615. The summed E-state index contributed by atoms with van der Waals surface area (Å²) in [5.41, 5.74) is 5.92. The van der Waals surface area contributed by atoms with E-state index in [9.17, 15) is 4.79 Å². The molecule has 2 heterocycles. The predicted octanol–water partition coefficient (Wildman–Crippen LogP) is 0.777. The van der Waals surface area contributed by atoms with Gasteiger partial charge in [-0.25, -0.2) is 4.98 Å². The number of nitrogens with two attached hydrogens (primary N) is 1. The number of carbonyl (C=O) groups is 1. The summed E-state index contributed by atoms with van der Waals surface area (Å²) in [5, 5.41) is 0. The average molecular weight is 332 g/mol. The van der Waals surface area contributed by atoms with Crippen LogP contribution in [0.25, 0.3) is 0 Å². The first kappa shape index (κ1) is 18.0. The molecule has 2 N–H and O–H groups in total. The summed E-state index contributed by atoms with van der Waals surface area (Å²) in [7, 11) is 0. The largest absolute Gasteiger partial charge is 0.370 e. The Kier molecular flexibility index (Phi) is 6.84. The molecule has 1 amide bonds. The van der Waals surface area contributed by atoms with Crippen molar-refractivity contribution in [1.82, 2.24) is 14.8 Å². The maximum Gasteiger partial charge on any atom is 0.224 e. The van der Waals surface area contributed by atoms with Crippen LogP contribution in [0.1, 0.15) is 20.3 Å². The normalized spacial score (nSPS) is 15.5. The summed E-state index contributed by atoms with van der Waals surface area (Å²) in [6, 6.07) is 5.90. The standard InChI is InChI=1S/C17H28N6O/c1-3-21(4-2)17(18)20-10-8-16(24)23-13-11-22(12-14-23)15-7-5-6-9-19-15/h5-7,9H,3-4,8,10-14H2,1-2H3,(H2,18,20). The lowest BCUT2D eigenvalue weighted by Gasteiger charge is -2.35. The molecule has 1 fully saturated rings. The van der Waals surface area contributed by atoms with Gasteiger partial charge in [-0.2, -0.15) is 0 Å². The van der Waals surface area contributed by atoms with Crippen molar-refractivity contribution in [3.63, 3.8) is 0 Å². The number of carbonyl (C=O) groups excluding carboxylic acids is 1. The number of hydrogen-bond donors (Lipinski definition) is 1. The molecule has 0 saturated carbocycles. The second-order valence-corrected chi connectivity index (χ2v) is 5.72. The monoisotopic (exact) mass is 332 g/mol. The molecule has 7 heteroatoms. The number of anilines is 1. The molecule has 0 bridgehead atoms. The van der Waals surface area contributed by atoms with E-state index in [1.807, 2.05) is 41.8 Å². The molecule has 0 radical (unpaired) electrons. The third kappa shape index (κ3) is 4.84. The Morgan fingerprint density at radius 2 is 1.96 bits per heavy atom. The Morgan fingerprint density at radius 1 is 1.25 bits per heavy atom. The molecule has 1 aliphatic rings. The summed E-state index contributed by atoms with van der Waals surface area (Å²) >= 11 is 0. The SMILES string of the molecule is CCN(CC)C(N)=NCCC(=O)N1CCN(c2ccccn2)CC1. The smallest absolute Gasteiger partial charge is 0.224 e. The molecule has 132 valence electrons. The van der Waals surface area contributed by atoms with E-state index in [4.69, 9.17) is 5.73 Å². The number of pyridine rings is 1. The molecular weight excluding hydrogens is 304 g/mol. The van der Waals surface area contributed by atoms with Crippen LogP contribution in [0.15, 0.2) is 29.4 Å². The van der Waals surface area contributed by atoms with E-state index in [1.54, 1.807) is 6.20 Å². The van der Waals surface area contributed by atoms with Gasteiger partial charge in [-0.15, -0.1) is 0 Å². The molecule has 1 saturated heterocycles. The van der Waals surface area contributed by atoms with Crippen LogP contribution in [-0.2, 0) is 4.79 Å². The number of hydrogen-bond acceptors (Lipinski definition) is 4. The second-order valence-electron chi connectivity index (χ2n) is 5.72. The van der Waals surface area contributed by atoms with E-state index in [-0.39, 0.29) is 5.91 Å². The van der Waals surface area contributed by atoms with Crippen molar-refractivity contribution in [2.75, 3.05) is 50.7 Å². The Hall–Kier alpha value is -2.31. The molecular formula is C17H28N6O. The summed E-state index contributed by atoms with van der Waals surface area (Å²) < 4.78 is 0. The number of aromatic nitrogens is 1. The van der Waals surface area contributed by atoms with E-state index in [1.165, 1.54) is 0 Å². The molecule has 1 aliphatic heterocycles. The Bertz CT molecular complexity index is 535. The van der Waals surface area contributed by atoms with Crippen LogP contribution in [0.3, 0.4) is 0 Å². The van der Waals surface area contributed by atoms with Crippen molar-refractivity contribution in [1.29, 1.82) is 0 Å². The molecule has 7 nitrogen and oxygen atoms in total. The minimum atomic E-state index is 0.145. The Morgan fingerprint density at radius 3 is 2.54 bits per heavy atom. The minimum Gasteiger partial charge on any atom is -0.370 e. The summed E-state index contributed by atoms with van der Waals surface area (Å²) in [4.78, 5) is 27.1. The first-order valence-electron chi connectivity index (χ1n) is 8.64. The zero-order chi connectivity index (χ0) is 17.4. The number of aliphatic imine (C=N–C) groups is 1. The van der Waals surface area contributed by atoms with E-state index >= 15 is 0 Å². The van der Waals surface area contributed by atoms with Crippen molar-refractivity contribution in [3.05, 3.63) is 24.4 Å². The maximum atomic E-state index is 12.3. The molecule has 0 spiro atoms. The van der Waals surface area contributed by atoms with E-state index in [2.05, 4.69) is 14.9 Å². The third-order valence-corrected chi connectivity index (χ3v) is 4.29. The number of amides is 1. The molecule has 1 aromatic heterocycles. The maximum absolute atomic E-state index is 12.3. The summed E-state index contributed by atoms with van der Waals surface area (Å²) in [5.74, 6) is 1.64. The van der Waals surface area contributed by atoms with Crippen LogP contribution in [-0.4, -0.2) is 72.5 Å². The van der Waals surface area contributed by atoms with Gasteiger partial charge >= 0.3 is 0 Å². The molecule has 0 aliphatic carbocycles. The number of guanidine groups is 1. The van der Waals surface area contributed by atoms with Crippen LogP contribution in [0.4, 0.5) is 5.82 Å². The van der Waals surface area contributed by atoms with Crippen LogP contribution in [0, 0.1) is 0 Å². The highest BCUT2D eigenvalue weighted by Crippen LogP contribution is 2.12. The fourth-order valence-corrected chi connectivity index (χ4v) is 2.80. The van der Waals surface area contributed by atoms with Crippen LogP contribution in [0.5, 0.6) is 0 Å². The summed E-state index contributed by atoms with van der Waals surface area (Å²) in [6.07, 6.45) is 2.21. The Labute approximate surface area is 144 Å². The van der Waals surface area contributed by atoms with Gasteiger partial charge in [0.05, 0.1) is 6.54 Å². The first-order chi connectivity index (χ1) is 11.7. The van der Waals surface area contributed by atoms with Crippen molar-refractivity contribution in [3.8, 4) is 0 Å². The van der Waals surface area contributed by atoms with E-state index in [0.717, 1.165) is 45.1 Å². The van der Waals surface area contributed by atoms with Gasteiger partial charge in [-0.05, 0) is 26.0 Å². The fraction of sp³-hybridized carbons (Fsp3) is 0.588. The van der Waals surface area contributed by atoms with Gasteiger partial charge in [0.1, 0.15) is 5.82 Å². The zero-order valence-electron chi connectivity index (χ0n) is 14.7. The lowest BCUT2D eigenvalue weighted by molar-refractivity contribution is -0.131. The zero-order valence-corrected chi connectivity index (χ0v) is 14.7. The van der Waals surface area contributed by atoms with Crippen LogP contribution < -0.4 is 10.6 Å². The van der Waals surface area contributed by atoms with Gasteiger partial charge in [0, 0.05) is 51.9 Å². The molecule has 0 unspecified atom stereocenters. The molecule has 24 heavy (non-hydrogen) atoms. The highest BCUT2D eigenvalue weighted by molar-refractivity contribution is 5.79. The molecule has 1 aromatic rings. The average Bonchev–Trinajstić information content (AvgIpc) is 2.63. The highest BCUT2D eigenvalue weighted by Gasteiger charge is 2.21. The topological polar surface area (TPSA) is 78.1 Å².